The molecule has 1 atom stereocenters. The van der Waals surface area contributed by atoms with E-state index in [2.05, 4.69) is 10.3 Å². The van der Waals surface area contributed by atoms with Gasteiger partial charge in [-0.15, -0.1) is 11.8 Å². The number of fused-ring (bicyclic) bond motifs is 1. The van der Waals surface area contributed by atoms with Crippen LogP contribution in [0, 0.1) is 0 Å². The Kier molecular flexibility index (Phi) is 6.57. The Morgan fingerprint density at radius 2 is 1.81 bits per heavy atom. The van der Waals surface area contributed by atoms with Gasteiger partial charge in [0.1, 0.15) is 5.52 Å². The molecule has 2 heterocycles. The van der Waals surface area contributed by atoms with Crippen LogP contribution in [0.25, 0.3) is 22.6 Å². The minimum Gasteiger partial charge on any atom is -0.478 e. The van der Waals surface area contributed by atoms with Gasteiger partial charge in [-0.3, -0.25) is 14.4 Å². The van der Waals surface area contributed by atoms with E-state index >= 15 is 0 Å². The first kappa shape index (κ1) is 24.0. The van der Waals surface area contributed by atoms with Gasteiger partial charge in [-0.05, 0) is 54.6 Å². The molecule has 1 aliphatic heterocycles. The number of carbonyl (C=O) groups excluding carboxylic acids is 3. The molecule has 2 N–H and O–H groups in total. The van der Waals surface area contributed by atoms with E-state index in [9.17, 15) is 19.2 Å². The van der Waals surface area contributed by atoms with Crippen LogP contribution in [0.15, 0.2) is 94.3 Å². The number of para-hydroxylation sites is 2. The maximum Gasteiger partial charge on any atom is 0.328 e. The van der Waals surface area contributed by atoms with Crippen LogP contribution in [-0.4, -0.2) is 39.0 Å². The molecule has 1 fully saturated rings. The molecule has 1 aliphatic rings. The Labute approximate surface area is 214 Å². The van der Waals surface area contributed by atoms with Gasteiger partial charge in [0.05, 0.1) is 10.9 Å². The number of nitrogens with zero attached hydrogens (tertiary/aromatic N) is 2. The number of rotatable bonds is 7. The third-order valence-electron chi connectivity index (χ3n) is 5.53. The molecule has 5 rings (SSSR count). The number of aromatic nitrogens is 1. The van der Waals surface area contributed by atoms with Crippen LogP contribution < -0.4 is 10.2 Å². The van der Waals surface area contributed by atoms with Gasteiger partial charge in [0.2, 0.25) is 23.6 Å². The van der Waals surface area contributed by atoms with Crippen LogP contribution in [0.3, 0.4) is 0 Å². The molecule has 10 heteroatoms. The zero-order chi connectivity index (χ0) is 25.9. The maximum absolute atomic E-state index is 13.1. The summed E-state index contributed by atoms with van der Waals surface area (Å²) < 4.78 is 5.78. The molecule has 37 heavy (non-hydrogen) atoms. The molecule has 4 aromatic rings. The Morgan fingerprint density at radius 3 is 2.57 bits per heavy atom. The summed E-state index contributed by atoms with van der Waals surface area (Å²) in [6.07, 6.45) is 1.69. The van der Waals surface area contributed by atoms with Crippen LogP contribution >= 0.6 is 11.8 Å². The van der Waals surface area contributed by atoms with Gasteiger partial charge in [0.15, 0.2) is 5.58 Å². The number of aliphatic carboxylic acids is 1. The van der Waals surface area contributed by atoms with Crippen molar-refractivity contribution >= 4 is 57.9 Å². The standard InChI is InChI=1S/C27H19N3O6S/c31-23(12-13-25(33)34)28-17-4-3-5-19(14-17)37-22-15-24(32)30(27(22)35)18-10-8-16(9-11-18)26-29-20-6-1-2-7-21(20)36-26/h1-14,22H,15H2,(H,28,31)(H,33,34)/b13-12+. The topological polar surface area (TPSA) is 130 Å². The summed E-state index contributed by atoms with van der Waals surface area (Å²) in [6.45, 7) is 0. The highest BCUT2D eigenvalue weighted by Crippen LogP contribution is 2.35. The average molecular weight is 514 g/mol. The number of nitrogens with one attached hydrogen (secondary N) is 1. The fourth-order valence-electron chi connectivity index (χ4n) is 3.86. The quantitative estimate of drug-likeness (QED) is 0.273. The molecule has 3 amide bonds. The van der Waals surface area contributed by atoms with Gasteiger partial charge < -0.3 is 14.8 Å². The third kappa shape index (κ3) is 5.29. The summed E-state index contributed by atoms with van der Waals surface area (Å²) in [4.78, 5) is 54.6. The van der Waals surface area contributed by atoms with Crippen LogP contribution in [-0.2, 0) is 19.2 Å². The zero-order valence-electron chi connectivity index (χ0n) is 19.2. The molecule has 184 valence electrons. The smallest absolute Gasteiger partial charge is 0.328 e. The van der Waals surface area contributed by atoms with E-state index in [1.165, 1.54) is 16.7 Å². The first-order chi connectivity index (χ1) is 17.9. The van der Waals surface area contributed by atoms with E-state index in [4.69, 9.17) is 9.52 Å². The van der Waals surface area contributed by atoms with Crippen LogP contribution in [0.5, 0.6) is 0 Å². The summed E-state index contributed by atoms with van der Waals surface area (Å²) >= 11 is 1.22. The number of thioether (sulfide) groups is 1. The molecule has 1 saturated heterocycles. The second-order valence-corrected chi connectivity index (χ2v) is 9.38. The van der Waals surface area contributed by atoms with E-state index in [0.29, 0.717) is 27.7 Å². The molecular weight excluding hydrogens is 494 g/mol. The average Bonchev–Trinajstić information content (AvgIpc) is 3.43. The fraction of sp³-hybridized carbons (Fsp3) is 0.0741. The van der Waals surface area contributed by atoms with Gasteiger partial charge >= 0.3 is 5.97 Å². The predicted molar refractivity (Wildman–Crippen MR) is 138 cm³/mol. The number of benzene rings is 3. The molecule has 0 aliphatic carbocycles. The normalized spacial score (nSPS) is 15.6. The number of anilines is 2. The predicted octanol–water partition coefficient (Wildman–Crippen LogP) is 4.50. The van der Waals surface area contributed by atoms with E-state index < -0.39 is 17.1 Å². The first-order valence-corrected chi connectivity index (χ1v) is 12.1. The lowest BCUT2D eigenvalue weighted by molar-refractivity contribution is -0.131. The maximum atomic E-state index is 13.1. The van der Waals surface area contributed by atoms with Crippen molar-refractivity contribution in [2.75, 3.05) is 10.2 Å². The number of carboxylic acid groups (broad SMARTS) is 1. The summed E-state index contributed by atoms with van der Waals surface area (Å²) in [5, 5.41) is 10.6. The number of imide groups is 1. The summed E-state index contributed by atoms with van der Waals surface area (Å²) in [5.74, 6) is -2.01. The van der Waals surface area contributed by atoms with Gasteiger partial charge in [-0.2, -0.15) is 0 Å². The van der Waals surface area contributed by atoms with Crippen molar-refractivity contribution in [3.05, 3.63) is 84.9 Å². The van der Waals surface area contributed by atoms with Crippen molar-refractivity contribution < 1.29 is 28.7 Å². The van der Waals surface area contributed by atoms with Crippen LogP contribution in [0.4, 0.5) is 11.4 Å². The minimum atomic E-state index is -1.23. The number of hydrogen-bond acceptors (Lipinski definition) is 7. The Balaban J connectivity index is 1.27. The van der Waals surface area contributed by atoms with Crippen LogP contribution in [0.2, 0.25) is 0 Å². The lowest BCUT2D eigenvalue weighted by Gasteiger charge is -2.15. The second kappa shape index (κ2) is 10.1. The SMILES string of the molecule is O=C(O)/C=C/C(=O)Nc1cccc(SC2CC(=O)N(c3ccc(-c4nc5ccccc5o4)cc3)C2=O)c1. The third-order valence-corrected chi connectivity index (χ3v) is 6.71. The number of amides is 3. The first-order valence-electron chi connectivity index (χ1n) is 11.2. The van der Waals surface area contributed by atoms with Crippen molar-refractivity contribution in [3.8, 4) is 11.5 Å². The zero-order valence-corrected chi connectivity index (χ0v) is 20.0. The lowest BCUT2D eigenvalue weighted by atomic mass is 10.2. The molecular formula is C27H19N3O6S. The molecule has 0 spiro atoms. The monoisotopic (exact) mass is 513 g/mol. The number of carbonyl (C=O) groups is 4. The Bertz CT molecular complexity index is 1530. The molecule has 0 saturated carbocycles. The van der Waals surface area contributed by atoms with Gasteiger partial charge in [0.25, 0.3) is 0 Å². The minimum absolute atomic E-state index is 0.0360. The molecule has 0 radical (unpaired) electrons. The van der Waals surface area contributed by atoms with Crippen molar-refractivity contribution in [2.45, 2.75) is 16.6 Å². The molecule has 1 aromatic heterocycles. The highest BCUT2D eigenvalue weighted by atomic mass is 32.2. The molecule has 9 nitrogen and oxygen atoms in total. The highest BCUT2D eigenvalue weighted by molar-refractivity contribution is 8.00. The van der Waals surface area contributed by atoms with Gasteiger partial charge in [-0.1, -0.05) is 18.2 Å². The molecule has 3 aromatic carbocycles. The van der Waals surface area contributed by atoms with E-state index in [1.54, 1.807) is 48.5 Å². The largest absolute Gasteiger partial charge is 0.478 e. The van der Waals surface area contributed by atoms with Crippen molar-refractivity contribution in [2.24, 2.45) is 0 Å². The summed E-state index contributed by atoms with van der Waals surface area (Å²) in [6, 6.07) is 21.1. The van der Waals surface area contributed by atoms with E-state index in [0.717, 1.165) is 23.2 Å². The highest BCUT2D eigenvalue weighted by Gasteiger charge is 2.40. The van der Waals surface area contributed by atoms with Gasteiger partial charge in [0, 0.05) is 34.7 Å². The number of carboxylic acids is 1. The van der Waals surface area contributed by atoms with Crippen molar-refractivity contribution in [1.29, 1.82) is 0 Å². The summed E-state index contributed by atoms with van der Waals surface area (Å²) in [7, 11) is 0. The van der Waals surface area contributed by atoms with Crippen molar-refractivity contribution in [3.63, 3.8) is 0 Å². The van der Waals surface area contributed by atoms with Crippen molar-refractivity contribution in [1.82, 2.24) is 4.98 Å². The lowest BCUT2D eigenvalue weighted by Crippen LogP contribution is -2.31. The Hall–Kier alpha value is -4.70. The Morgan fingerprint density at radius 1 is 1.03 bits per heavy atom. The van der Waals surface area contributed by atoms with Gasteiger partial charge in [-0.25, -0.2) is 14.7 Å². The number of oxazole rings is 1. The molecule has 0 bridgehead atoms. The van der Waals surface area contributed by atoms with E-state index in [1.807, 2.05) is 24.3 Å². The number of hydrogen-bond donors (Lipinski definition) is 2. The summed E-state index contributed by atoms with van der Waals surface area (Å²) in [5.41, 5.74) is 3.04. The molecule has 1 unspecified atom stereocenters. The fourth-order valence-corrected chi connectivity index (χ4v) is 4.97. The second-order valence-electron chi connectivity index (χ2n) is 8.10. The van der Waals surface area contributed by atoms with E-state index in [-0.39, 0.29) is 18.2 Å². The van der Waals surface area contributed by atoms with Crippen LogP contribution in [0.1, 0.15) is 6.42 Å².